The molecule has 2 aliphatic carbocycles. The zero-order chi connectivity index (χ0) is 22.5. The van der Waals surface area contributed by atoms with Crippen molar-refractivity contribution in [2.24, 2.45) is 11.8 Å². The van der Waals surface area contributed by atoms with Crippen LogP contribution in [0.2, 0.25) is 0 Å². The number of fused-ring (bicyclic) bond motifs is 1. The molecule has 4 unspecified atom stereocenters. The first-order chi connectivity index (χ1) is 15.6. The fourth-order valence-corrected chi connectivity index (χ4v) is 5.89. The van der Waals surface area contributed by atoms with Gasteiger partial charge in [-0.05, 0) is 112 Å². The van der Waals surface area contributed by atoms with Gasteiger partial charge in [0.25, 0.3) is 0 Å². The maximum Gasteiger partial charge on any atom is 0.134 e. The summed E-state index contributed by atoms with van der Waals surface area (Å²) < 4.78 is 36.1. The number of hydrogen-bond donors (Lipinski definition) is 0. The van der Waals surface area contributed by atoms with Gasteiger partial charge in [-0.1, -0.05) is 36.4 Å². The molecule has 0 saturated heterocycles. The number of halogens is 2. The van der Waals surface area contributed by atoms with E-state index in [9.17, 15) is 0 Å². The molecule has 1 nitrogen and oxygen atoms in total. The summed E-state index contributed by atoms with van der Waals surface area (Å²) >= 11 is 0. The van der Waals surface area contributed by atoms with Gasteiger partial charge in [-0.2, -0.15) is 0 Å². The van der Waals surface area contributed by atoms with Gasteiger partial charge in [-0.25, -0.2) is 8.78 Å². The van der Waals surface area contributed by atoms with Gasteiger partial charge in [0.05, 0.1) is 11.7 Å². The molecule has 2 aliphatic rings. The van der Waals surface area contributed by atoms with E-state index in [4.69, 9.17) is 4.74 Å². The summed E-state index contributed by atoms with van der Waals surface area (Å²) in [6.07, 6.45) is 13.1. The van der Waals surface area contributed by atoms with E-state index in [-0.39, 0.29) is 11.5 Å². The van der Waals surface area contributed by atoms with Gasteiger partial charge in [0.1, 0.15) is 11.6 Å². The van der Waals surface area contributed by atoms with Crippen LogP contribution in [0, 0.1) is 23.5 Å². The Bertz CT molecular complexity index is 894. The summed E-state index contributed by atoms with van der Waals surface area (Å²) in [6.45, 7) is 4.86. The lowest BCUT2D eigenvalue weighted by atomic mass is 9.65. The van der Waals surface area contributed by atoms with Crippen molar-refractivity contribution in [1.82, 2.24) is 0 Å². The summed E-state index contributed by atoms with van der Waals surface area (Å²) in [6, 6.07) is 10.8. The van der Waals surface area contributed by atoms with E-state index in [1.807, 2.05) is 37.3 Å². The highest BCUT2D eigenvalue weighted by Gasteiger charge is 2.36. The Hall–Kier alpha value is -2.00. The molecule has 32 heavy (non-hydrogen) atoms. The second-order valence-corrected chi connectivity index (χ2v) is 9.58. The fourth-order valence-electron chi connectivity index (χ4n) is 5.89. The minimum absolute atomic E-state index is 0.0969. The average Bonchev–Trinajstić information content (AvgIpc) is 2.79. The third-order valence-electron chi connectivity index (χ3n) is 7.58. The second kappa shape index (κ2) is 10.7. The lowest BCUT2D eigenvalue weighted by Crippen LogP contribution is -2.33. The van der Waals surface area contributed by atoms with Gasteiger partial charge in [-0.3, -0.25) is 0 Å². The molecule has 0 N–H and O–H groups in total. The van der Waals surface area contributed by atoms with Gasteiger partial charge in [0.2, 0.25) is 0 Å². The lowest BCUT2D eigenvalue weighted by molar-refractivity contribution is -0.00957. The van der Waals surface area contributed by atoms with Crippen molar-refractivity contribution in [3.63, 3.8) is 0 Å². The van der Waals surface area contributed by atoms with Crippen molar-refractivity contribution in [3.05, 3.63) is 71.3 Å². The van der Waals surface area contributed by atoms with Crippen molar-refractivity contribution < 1.29 is 13.5 Å². The predicted molar refractivity (Wildman–Crippen MR) is 128 cm³/mol. The van der Waals surface area contributed by atoms with Gasteiger partial charge in [0.15, 0.2) is 0 Å². The predicted octanol–water partition coefficient (Wildman–Crippen LogP) is 8.23. The zero-order valence-corrected chi connectivity index (χ0v) is 19.5. The monoisotopic (exact) mass is 438 g/mol. The first kappa shape index (κ1) is 23.2. The average molecular weight is 439 g/mol. The van der Waals surface area contributed by atoms with Crippen molar-refractivity contribution in [2.75, 3.05) is 6.61 Å². The highest BCUT2D eigenvalue weighted by molar-refractivity contribution is 5.65. The van der Waals surface area contributed by atoms with E-state index in [0.717, 1.165) is 57.1 Å². The van der Waals surface area contributed by atoms with Crippen molar-refractivity contribution in [2.45, 2.75) is 77.2 Å². The summed E-state index contributed by atoms with van der Waals surface area (Å²) in [4.78, 5) is 0. The molecule has 0 heterocycles. The van der Waals surface area contributed by atoms with Crippen LogP contribution in [-0.4, -0.2) is 12.7 Å². The fraction of sp³-hybridized carbons (Fsp3) is 0.517. The molecule has 0 amide bonds. The van der Waals surface area contributed by atoms with Gasteiger partial charge >= 0.3 is 0 Å². The Kier molecular flexibility index (Phi) is 7.78. The van der Waals surface area contributed by atoms with Crippen LogP contribution in [0.15, 0.2) is 48.6 Å². The SMILES string of the molecule is C/C=C/CCc1ccc(-c2c(F)cc(C3CCC4CC(OCC)CCC4C3)cc2F)cc1. The van der Waals surface area contributed by atoms with Crippen molar-refractivity contribution in [1.29, 1.82) is 0 Å². The van der Waals surface area contributed by atoms with Crippen LogP contribution in [0.3, 0.4) is 0 Å². The molecule has 0 aliphatic heterocycles. The number of rotatable bonds is 7. The minimum Gasteiger partial charge on any atom is -0.378 e. The van der Waals surface area contributed by atoms with E-state index >= 15 is 8.78 Å². The molecule has 2 saturated carbocycles. The van der Waals surface area contributed by atoms with Gasteiger partial charge in [-0.15, -0.1) is 0 Å². The summed E-state index contributed by atoms with van der Waals surface area (Å²) in [5.41, 5.74) is 2.72. The second-order valence-electron chi connectivity index (χ2n) is 9.58. The van der Waals surface area contributed by atoms with Gasteiger partial charge in [0, 0.05) is 6.61 Å². The third-order valence-corrected chi connectivity index (χ3v) is 7.58. The number of allylic oxidation sites excluding steroid dienone is 2. The van der Waals surface area contributed by atoms with Crippen LogP contribution in [0.1, 0.15) is 75.8 Å². The van der Waals surface area contributed by atoms with E-state index in [0.29, 0.717) is 23.5 Å². The van der Waals surface area contributed by atoms with Crippen molar-refractivity contribution >= 4 is 0 Å². The maximum atomic E-state index is 15.1. The minimum atomic E-state index is -0.441. The van der Waals surface area contributed by atoms with Crippen LogP contribution >= 0.6 is 0 Å². The third kappa shape index (κ3) is 5.31. The molecule has 4 rings (SSSR count). The Morgan fingerprint density at radius 2 is 1.62 bits per heavy atom. The van der Waals surface area contributed by atoms with Crippen LogP contribution in [-0.2, 0) is 11.2 Å². The molecule has 0 radical (unpaired) electrons. The summed E-state index contributed by atoms with van der Waals surface area (Å²) in [7, 11) is 0. The Balaban J connectivity index is 1.45. The Morgan fingerprint density at radius 1 is 0.938 bits per heavy atom. The van der Waals surface area contributed by atoms with Crippen LogP contribution in [0.25, 0.3) is 11.1 Å². The van der Waals surface area contributed by atoms with E-state index in [1.165, 1.54) is 12.0 Å². The largest absolute Gasteiger partial charge is 0.378 e. The summed E-state index contributed by atoms with van der Waals surface area (Å²) in [5, 5.41) is 0. The maximum absolute atomic E-state index is 15.1. The Morgan fingerprint density at radius 3 is 2.31 bits per heavy atom. The molecular weight excluding hydrogens is 402 g/mol. The molecule has 3 heteroatoms. The molecule has 4 atom stereocenters. The quantitative estimate of drug-likeness (QED) is 0.396. The van der Waals surface area contributed by atoms with Crippen LogP contribution in [0.4, 0.5) is 8.78 Å². The van der Waals surface area contributed by atoms with E-state index in [2.05, 4.69) is 13.0 Å². The van der Waals surface area contributed by atoms with Crippen LogP contribution in [0.5, 0.6) is 0 Å². The molecule has 2 fully saturated rings. The molecule has 2 aromatic carbocycles. The smallest absolute Gasteiger partial charge is 0.134 e. The highest BCUT2D eigenvalue weighted by Crippen LogP contribution is 2.47. The topological polar surface area (TPSA) is 9.23 Å². The molecule has 0 aromatic heterocycles. The number of hydrogen-bond acceptors (Lipinski definition) is 1. The first-order valence-electron chi connectivity index (χ1n) is 12.4. The normalized spacial score (nSPS) is 25.8. The first-order valence-corrected chi connectivity index (χ1v) is 12.4. The van der Waals surface area contributed by atoms with E-state index < -0.39 is 11.6 Å². The number of ether oxygens (including phenoxy) is 1. The zero-order valence-electron chi connectivity index (χ0n) is 19.5. The molecule has 0 bridgehead atoms. The molecule has 2 aromatic rings. The standard InChI is InChI=1S/C29H36F2O/c1-3-5-6-7-20-8-10-21(11-9-20)29-27(30)18-25(19-28(29)31)23-12-13-24-17-26(32-4-2)15-14-22(24)16-23/h3,5,8-11,18-19,22-24,26H,4,6-7,12-17H2,1-2H3/b5-3+. The summed E-state index contributed by atoms with van der Waals surface area (Å²) in [5.74, 6) is 0.739. The molecular formula is C29H36F2O. The molecule has 0 spiro atoms. The van der Waals surface area contributed by atoms with Gasteiger partial charge < -0.3 is 4.74 Å². The highest BCUT2D eigenvalue weighted by atomic mass is 19.1. The van der Waals surface area contributed by atoms with Crippen LogP contribution < -0.4 is 0 Å². The number of benzene rings is 2. The number of aryl methyl sites for hydroxylation is 1. The molecule has 172 valence electrons. The Labute approximate surface area is 191 Å². The lowest BCUT2D eigenvalue weighted by Gasteiger charge is -2.42. The van der Waals surface area contributed by atoms with Crippen molar-refractivity contribution in [3.8, 4) is 11.1 Å². The van der Waals surface area contributed by atoms with E-state index in [1.54, 1.807) is 12.1 Å².